The number of para-hydroxylation sites is 2. The quantitative estimate of drug-likeness (QED) is 0.523. The van der Waals surface area contributed by atoms with Gasteiger partial charge in [-0.1, -0.05) is 36.9 Å². The predicted octanol–water partition coefficient (Wildman–Crippen LogP) is 4.56. The lowest BCUT2D eigenvalue weighted by atomic mass is 10.3. The van der Waals surface area contributed by atoms with Gasteiger partial charge in [-0.05, 0) is 35.4 Å². The largest absolute Gasteiger partial charge is 0.269 e. The number of carbonyl (C=O) groups is 1. The van der Waals surface area contributed by atoms with Gasteiger partial charge in [0, 0.05) is 11.0 Å². The third-order valence-corrected chi connectivity index (χ3v) is 4.62. The van der Waals surface area contributed by atoms with E-state index in [4.69, 9.17) is 0 Å². The summed E-state index contributed by atoms with van der Waals surface area (Å²) in [5.74, 6) is 0.818. The van der Waals surface area contributed by atoms with Crippen molar-refractivity contribution in [3.8, 4) is 0 Å². The van der Waals surface area contributed by atoms with E-state index in [1.807, 2.05) is 47.9 Å². The summed E-state index contributed by atoms with van der Waals surface area (Å²) < 4.78 is 1.69. The van der Waals surface area contributed by atoms with Crippen molar-refractivity contribution in [1.82, 2.24) is 9.55 Å². The smallest absolute Gasteiger partial charge is 0.257 e. The second-order valence-electron chi connectivity index (χ2n) is 4.34. The number of thiophene rings is 1. The Hall–Kier alpha value is -1.85. The van der Waals surface area contributed by atoms with Crippen molar-refractivity contribution in [3.05, 3.63) is 52.7 Å². The van der Waals surface area contributed by atoms with Crippen LogP contribution in [0.3, 0.4) is 0 Å². The van der Waals surface area contributed by atoms with Gasteiger partial charge in [-0.25, -0.2) is 4.98 Å². The first-order chi connectivity index (χ1) is 10.3. The van der Waals surface area contributed by atoms with Crippen molar-refractivity contribution in [1.29, 1.82) is 0 Å². The van der Waals surface area contributed by atoms with E-state index >= 15 is 0 Å². The first-order valence-electron chi connectivity index (χ1n) is 6.66. The number of aromatic nitrogens is 2. The third kappa shape index (κ3) is 2.94. The van der Waals surface area contributed by atoms with E-state index < -0.39 is 0 Å². The molecule has 0 saturated heterocycles. The van der Waals surface area contributed by atoms with Gasteiger partial charge < -0.3 is 0 Å². The first kappa shape index (κ1) is 14.1. The standard InChI is InChI=1S/C16H14N2OS2/c1-2-20-16-17-13-7-3-4-8-14(13)18(16)15(19)10-9-12-6-5-11-21-12/h3-11H,2H2,1H3/b10-9-. The van der Waals surface area contributed by atoms with Crippen LogP contribution in [-0.2, 0) is 0 Å². The summed E-state index contributed by atoms with van der Waals surface area (Å²) in [4.78, 5) is 18.1. The van der Waals surface area contributed by atoms with Gasteiger partial charge in [0.1, 0.15) is 0 Å². The fraction of sp³-hybridized carbons (Fsp3) is 0.125. The van der Waals surface area contributed by atoms with Crippen LogP contribution in [-0.4, -0.2) is 21.2 Å². The van der Waals surface area contributed by atoms with Gasteiger partial charge >= 0.3 is 0 Å². The molecule has 0 saturated carbocycles. The highest BCUT2D eigenvalue weighted by atomic mass is 32.2. The predicted molar refractivity (Wildman–Crippen MR) is 90.1 cm³/mol. The summed E-state index contributed by atoms with van der Waals surface area (Å²) in [6, 6.07) is 11.7. The summed E-state index contributed by atoms with van der Waals surface area (Å²) in [5.41, 5.74) is 1.71. The molecular weight excluding hydrogens is 300 g/mol. The number of allylic oxidation sites excluding steroid dienone is 1. The number of fused-ring (bicyclic) bond motifs is 1. The van der Waals surface area contributed by atoms with Crippen molar-refractivity contribution in [3.63, 3.8) is 0 Å². The molecule has 0 atom stereocenters. The van der Waals surface area contributed by atoms with E-state index in [-0.39, 0.29) is 5.91 Å². The van der Waals surface area contributed by atoms with E-state index in [0.717, 1.165) is 26.8 Å². The zero-order valence-corrected chi connectivity index (χ0v) is 13.2. The Morgan fingerprint density at radius 2 is 2.19 bits per heavy atom. The molecule has 3 rings (SSSR count). The van der Waals surface area contributed by atoms with E-state index in [0.29, 0.717) is 0 Å². The second kappa shape index (κ2) is 6.28. The molecule has 0 aliphatic rings. The van der Waals surface area contributed by atoms with Crippen LogP contribution >= 0.6 is 23.1 Å². The summed E-state index contributed by atoms with van der Waals surface area (Å²) >= 11 is 3.19. The molecule has 21 heavy (non-hydrogen) atoms. The molecule has 2 heterocycles. The molecule has 0 unspecified atom stereocenters. The number of thioether (sulfide) groups is 1. The number of benzene rings is 1. The Morgan fingerprint density at radius 1 is 1.33 bits per heavy atom. The summed E-state index contributed by atoms with van der Waals surface area (Å²) in [6.45, 7) is 2.06. The van der Waals surface area contributed by atoms with Gasteiger partial charge in [-0.3, -0.25) is 9.36 Å². The lowest BCUT2D eigenvalue weighted by Crippen LogP contribution is -2.08. The summed E-state index contributed by atoms with van der Waals surface area (Å²) in [5, 5.41) is 2.74. The van der Waals surface area contributed by atoms with Gasteiger partial charge in [-0.2, -0.15) is 0 Å². The Balaban J connectivity index is 2.01. The lowest BCUT2D eigenvalue weighted by Gasteiger charge is -2.03. The van der Waals surface area contributed by atoms with Crippen molar-refractivity contribution in [2.45, 2.75) is 12.1 Å². The SMILES string of the molecule is CCSc1nc2ccccc2n1C(=O)/C=C\c1cccs1. The topological polar surface area (TPSA) is 34.9 Å². The molecule has 0 spiro atoms. The van der Waals surface area contributed by atoms with Gasteiger partial charge in [-0.15, -0.1) is 11.3 Å². The molecule has 0 aliphatic carbocycles. The van der Waals surface area contributed by atoms with E-state index in [9.17, 15) is 4.79 Å². The second-order valence-corrected chi connectivity index (χ2v) is 6.55. The molecule has 0 fully saturated rings. The molecule has 5 heteroatoms. The van der Waals surface area contributed by atoms with E-state index in [1.54, 1.807) is 33.7 Å². The minimum absolute atomic E-state index is 0.0620. The highest BCUT2D eigenvalue weighted by Crippen LogP contribution is 2.24. The summed E-state index contributed by atoms with van der Waals surface area (Å²) in [7, 11) is 0. The normalized spacial score (nSPS) is 11.5. The van der Waals surface area contributed by atoms with Crippen molar-refractivity contribution < 1.29 is 4.79 Å². The Bertz CT molecular complexity index is 788. The number of rotatable bonds is 4. The van der Waals surface area contributed by atoms with Crippen molar-refractivity contribution in [2.24, 2.45) is 0 Å². The molecule has 0 aliphatic heterocycles. The van der Waals surface area contributed by atoms with Gasteiger partial charge in [0.15, 0.2) is 5.16 Å². The molecule has 3 aromatic rings. The molecule has 0 amide bonds. The van der Waals surface area contributed by atoms with Crippen molar-refractivity contribution in [2.75, 3.05) is 5.75 Å². The zero-order chi connectivity index (χ0) is 14.7. The summed E-state index contributed by atoms with van der Waals surface area (Å²) in [6.07, 6.45) is 3.46. The lowest BCUT2D eigenvalue weighted by molar-refractivity contribution is 0.0965. The van der Waals surface area contributed by atoms with Crippen LogP contribution in [0.15, 0.2) is 53.0 Å². The molecule has 0 bridgehead atoms. The van der Waals surface area contributed by atoms with Gasteiger partial charge in [0.05, 0.1) is 11.0 Å². The molecular formula is C16H14N2OS2. The average molecular weight is 314 g/mol. The molecule has 106 valence electrons. The minimum atomic E-state index is -0.0620. The number of carbonyl (C=O) groups excluding carboxylic acids is 1. The highest BCUT2D eigenvalue weighted by molar-refractivity contribution is 7.99. The monoisotopic (exact) mass is 314 g/mol. The average Bonchev–Trinajstić information content (AvgIpc) is 3.12. The maximum atomic E-state index is 12.5. The Morgan fingerprint density at radius 3 is 2.95 bits per heavy atom. The van der Waals surface area contributed by atoms with Crippen LogP contribution in [0.25, 0.3) is 17.1 Å². The van der Waals surface area contributed by atoms with Crippen molar-refractivity contribution >= 4 is 46.1 Å². The number of imidazole rings is 1. The minimum Gasteiger partial charge on any atom is -0.269 e. The molecule has 2 aromatic heterocycles. The molecule has 1 aromatic carbocycles. The Kier molecular flexibility index (Phi) is 4.22. The van der Waals surface area contributed by atoms with Crippen LogP contribution in [0.2, 0.25) is 0 Å². The fourth-order valence-electron chi connectivity index (χ4n) is 2.06. The molecule has 0 N–H and O–H groups in total. The number of hydrogen-bond donors (Lipinski definition) is 0. The Labute approximate surface area is 131 Å². The number of hydrogen-bond acceptors (Lipinski definition) is 4. The van der Waals surface area contributed by atoms with Crippen LogP contribution in [0.5, 0.6) is 0 Å². The van der Waals surface area contributed by atoms with Crippen LogP contribution in [0, 0.1) is 0 Å². The fourth-order valence-corrected chi connectivity index (χ4v) is 3.41. The molecule has 3 nitrogen and oxygen atoms in total. The maximum Gasteiger partial charge on any atom is 0.257 e. The van der Waals surface area contributed by atoms with E-state index in [1.165, 1.54) is 0 Å². The van der Waals surface area contributed by atoms with Crippen LogP contribution < -0.4 is 0 Å². The van der Waals surface area contributed by atoms with Crippen LogP contribution in [0.4, 0.5) is 0 Å². The first-order valence-corrected chi connectivity index (χ1v) is 8.52. The third-order valence-electron chi connectivity index (χ3n) is 2.96. The van der Waals surface area contributed by atoms with E-state index in [2.05, 4.69) is 11.9 Å². The number of nitrogens with zero attached hydrogens (tertiary/aromatic N) is 2. The zero-order valence-electron chi connectivity index (χ0n) is 11.5. The highest BCUT2D eigenvalue weighted by Gasteiger charge is 2.14. The molecule has 0 radical (unpaired) electrons. The van der Waals surface area contributed by atoms with Crippen LogP contribution in [0.1, 0.15) is 16.6 Å². The van der Waals surface area contributed by atoms with Gasteiger partial charge in [0.2, 0.25) is 0 Å². The maximum absolute atomic E-state index is 12.5. The van der Waals surface area contributed by atoms with Gasteiger partial charge in [0.25, 0.3) is 5.91 Å².